The van der Waals surface area contributed by atoms with Crippen molar-refractivity contribution < 1.29 is 8.78 Å². The van der Waals surface area contributed by atoms with Gasteiger partial charge in [0, 0.05) is 10.9 Å². The lowest BCUT2D eigenvalue weighted by Crippen LogP contribution is -2.17. The molecule has 7 heteroatoms. The van der Waals surface area contributed by atoms with Crippen LogP contribution in [-0.4, -0.2) is 20.9 Å². The van der Waals surface area contributed by atoms with E-state index in [1.807, 2.05) is 0 Å². The van der Waals surface area contributed by atoms with E-state index in [1.54, 1.807) is 18.2 Å². The molecule has 2 heterocycles. The summed E-state index contributed by atoms with van der Waals surface area (Å²) in [5, 5.41) is 4.58. The van der Waals surface area contributed by atoms with Crippen LogP contribution in [0, 0.1) is 11.6 Å². The minimum absolute atomic E-state index is 0.245. The third-order valence-corrected chi connectivity index (χ3v) is 3.65. The van der Waals surface area contributed by atoms with Gasteiger partial charge in [-0.15, -0.1) is 0 Å². The van der Waals surface area contributed by atoms with Crippen LogP contribution in [0.1, 0.15) is 5.56 Å². The fourth-order valence-corrected chi connectivity index (χ4v) is 2.48. The van der Waals surface area contributed by atoms with Crippen molar-refractivity contribution in [3.8, 4) is 0 Å². The van der Waals surface area contributed by atoms with E-state index in [4.69, 9.17) is 0 Å². The van der Waals surface area contributed by atoms with Gasteiger partial charge < -0.3 is 4.98 Å². The summed E-state index contributed by atoms with van der Waals surface area (Å²) in [5.74, 6) is -0.749. The van der Waals surface area contributed by atoms with Crippen molar-refractivity contribution in [1.82, 2.24) is 14.6 Å². The SMILES string of the molecule is O=c1c2[nH]c3ccc(F)cc3c2ncn1/N=C/c1ccc(F)cc1. The second-order valence-corrected chi connectivity index (χ2v) is 5.23. The highest BCUT2D eigenvalue weighted by Crippen LogP contribution is 2.21. The molecular formula is C17H10F2N4O. The van der Waals surface area contributed by atoms with E-state index in [0.29, 0.717) is 22.0 Å². The minimum atomic E-state index is -0.407. The van der Waals surface area contributed by atoms with Gasteiger partial charge in [0.2, 0.25) is 0 Å². The molecule has 4 aromatic rings. The van der Waals surface area contributed by atoms with E-state index in [2.05, 4.69) is 15.1 Å². The van der Waals surface area contributed by atoms with Gasteiger partial charge in [-0.2, -0.15) is 9.78 Å². The molecule has 0 fully saturated rings. The van der Waals surface area contributed by atoms with E-state index < -0.39 is 11.4 Å². The minimum Gasteiger partial charge on any atom is -0.349 e. The van der Waals surface area contributed by atoms with Gasteiger partial charge in [-0.05, 0) is 35.9 Å². The van der Waals surface area contributed by atoms with Crippen LogP contribution in [0.3, 0.4) is 0 Å². The fraction of sp³-hybridized carbons (Fsp3) is 0. The van der Waals surface area contributed by atoms with Crippen LogP contribution in [-0.2, 0) is 0 Å². The molecule has 4 rings (SSSR count). The maximum absolute atomic E-state index is 13.4. The third-order valence-electron chi connectivity index (χ3n) is 3.65. The summed E-state index contributed by atoms with van der Waals surface area (Å²) in [7, 11) is 0. The van der Waals surface area contributed by atoms with Gasteiger partial charge in [0.25, 0.3) is 5.56 Å². The smallest absolute Gasteiger partial charge is 0.298 e. The number of H-pyrrole nitrogens is 1. The van der Waals surface area contributed by atoms with Gasteiger partial charge in [-0.3, -0.25) is 4.79 Å². The summed E-state index contributed by atoms with van der Waals surface area (Å²) in [5.41, 5.74) is 1.49. The van der Waals surface area contributed by atoms with Crippen molar-refractivity contribution in [2.24, 2.45) is 5.10 Å². The lowest BCUT2D eigenvalue weighted by Gasteiger charge is -1.98. The molecule has 0 aliphatic heterocycles. The van der Waals surface area contributed by atoms with Gasteiger partial charge in [-0.1, -0.05) is 12.1 Å². The standard InChI is InChI=1S/C17H10F2N4O/c18-11-3-1-10(2-4-11)8-21-23-9-20-15-13-7-12(19)5-6-14(13)22-16(15)17(23)24/h1-9,22H/b21-8+. The number of hydrogen-bond donors (Lipinski definition) is 1. The van der Waals surface area contributed by atoms with Gasteiger partial charge in [0.05, 0.1) is 6.21 Å². The van der Waals surface area contributed by atoms with Crippen molar-refractivity contribution in [3.63, 3.8) is 0 Å². The Kier molecular flexibility index (Phi) is 3.19. The number of fused-ring (bicyclic) bond motifs is 3. The van der Waals surface area contributed by atoms with Gasteiger partial charge >= 0.3 is 0 Å². The molecule has 0 aliphatic carbocycles. The quantitative estimate of drug-likeness (QED) is 0.576. The number of benzene rings is 2. The Morgan fingerprint density at radius 2 is 1.83 bits per heavy atom. The molecule has 0 saturated carbocycles. The fourth-order valence-electron chi connectivity index (χ4n) is 2.48. The Labute approximate surface area is 133 Å². The molecule has 0 spiro atoms. The summed E-state index contributed by atoms with van der Waals surface area (Å²) >= 11 is 0. The highest BCUT2D eigenvalue weighted by Gasteiger charge is 2.11. The molecule has 0 atom stereocenters. The lowest BCUT2D eigenvalue weighted by molar-refractivity contribution is 0.627. The second kappa shape index (κ2) is 5.38. The van der Waals surface area contributed by atoms with Crippen molar-refractivity contribution in [2.45, 2.75) is 0 Å². The van der Waals surface area contributed by atoms with Gasteiger partial charge in [0.15, 0.2) is 0 Å². The molecule has 0 amide bonds. The van der Waals surface area contributed by atoms with Crippen molar-refractivity contribution >= 4 is 28.2 Å². The molecule has 0 bridgehead atoms. The molecular weight excluding hydrogens is 314 g/mol. The average molecular weight is 324 g/mol. The zero-order valence-corrected chi connectivity index (χ0v) is 12.2. The number of halogens is 2. The summed E-state index contributed by atoms with van der Waals surface area (Å²) in [6, 6.07) is 9.88. The van der Waals surface area contributed by atoms with E-state index in [0.717, 1.165) is 4.68 Å². The molecule has 0 unspecified atom stereocenters. The second-order valence-electron chi connectivity index (χ2n) is 5.23. The number of hydrogen-bond acceptors (Lipinski definition) is 3. The number of aromatic nitrogens is 3. The molecule has 5 nitrogen and oxygen atoms in total. The molecule has 0 saturated heterocycles. The topological polar surface area (TPSA) is 63.0 Å². The van der Waals surface area contributed by atoms with E-state index in [1.165, 1.54) is 36.8 Å². The Balaban J connectivity index is 1.82. The Morgan fingerprint density at radius 1 is 1.08 bits per heavy atom. The van der Waals surface area contributed by atoms with Crippen LogP contribution in [0.5, 0.6) is 0 Å². The van der Waals surface area contributed by atoms with Crippen molar-refractivity contribution in [3.05, 3.63) is 76.3 Å². The number of nitrogens with one attached hydrogen (secondary N) is 1. The highest BCUT2D eigenvalue weighted by atomic mass is 19.1. The summed E-state index contributed by atoms with van der Waals surface area (Å²) in [6.07, 6.45) is 2.69. The maximum Gasteiger partial charge on any atom is 0.298 e. The van der Waals surface area contributed by atoms with Crippen LogP contribution < -0.4 is 5.56 Å². The first-order chi connectivity index (χ1) is 11.6. The molecule has 2 aromatic heterocycles. The predicted octanol–water partition coefficient (Wildman–Crippen LogP) is 3.04. The van der Waals surface area contributed by atoms with Crippen LogP contribution in [0.25, 0.3) is 21.9 Å². The number of aromatic amines is 1. The maximum atomic E-state index is 13.4. The number of rotatable bonds is 2. The van der Waals surface area contributed by atoms with Crippen LogP contribution in [0.4, 0.5) is 8.78 Å². The van der Waals surface area contributed by atoms with Crippen LogP contribution in [0.2, 0.25) is 0 Å². The normalized spacial score (nSPS) is 11.8. The largest absolute Gasteiger partial charge is 0.349 e. The molecule has 24 heavy (non-hydrogen) atoms. The zero-order valence-electron chi connectivity index (χ0n) is 12.2. The van der Waals surface area contributed by atoms with Crippen molar-refractivity contribution in [1.29, 1.82) is 0 Å². The highest BCUT2D eigenvalue weighted by molar-refractivity contribution is 6.04. The van der Waals surface area contributed by atoms with Crippen LogP contribution in [0.15, 0.2) is 58.7 Å². The number of nitrogens with zero attached hydrogens (tertiary/aromatic N) is 3. The molecule has 118 valence electrons. The summed E-state index contributed by atoms with van der Waals surface area (Å²) in [6.45, 7) is 0. The molecule has 0 aliphatic rings. The lowest BCUT2D eigenvalue weighted by atomic mass is 10.2. The first kappa shape index (κ1) is 14.3. The Morgan fingerprint density at radius 3 is 2.62 bits per heavy atom. The molecule has 1 N–H and O–H groups in total. The van der Waals surface area contributed by atoms with Gasteiger partial charge in [0.1, 0.15) is 29.0 Å². The Bertz CT molecular complexity index is 1140. The zero-order chi connectivity index (χ0) is 16.7. The van der Waals surface area contributed by atoms with Crippen molar-refractivity contribution in [2.75, 3.05) is 0 Å². The van der Waals surface area contributed by atoms with E-state index in [-0.39, 0.29) is 11.3 Å². The Hall–Kier alpha value is -3.35. The predicted molar refractivity (Wildman–Crippen MR) is 87.2 cm³/mol. The van der Waals surface area contributed by atoms with Gasteiger partial charge in [-0.25, -0.2) is 13.8 Å². The van der Waals surface area contributed by atoms with E-state index in [9.17, 15) is 13.6 Å². The summed E-state index contributed by atoms with van der Waals surface area (Å²) < 4.78 is 27.3. The molecule has 2 aromatic carbocycles. The first-order valence-electron chi connectivity index (χ1n) is 7.10. The summed E-state index contributed by atoms with van der Waals surface area (Å²) in [4.78, 5) is 19.6. The first-order valence-corrected chi connectivity index (χ1v) is 7.10. The van der Waals surface area contributed by atoms with Crippen LogP contribution >= 0.6 is 0 Å². The average Bonchev–Trinajstić information content (AvgIpc) is 2.95. The third kappa shape index (κ3) is 2.36. The van der Waals surface area contributed by atoms with E-state index >= 15 is 0 Å². The molecule has 0 radical (unpaired) electrons. The monoisotopic (exact) mass is 324 g/mol.